The summed E-state index contributed by atoms with van der Waals surface area (Å²) in [5.41, 5.74) is 0.967. The van der Waals surface area contributed by atoms with E-state index in [1.807, 2.05) is 33.7 Å². The van der Waals surface area contributed by atoms with Gasteiger partial charge in [-0.3, -0.25) is 14.3 Å². The zero-order chi connectivity index (χ0) is 17.6. The Morgan fingerprint density at radius 3 is 2.68 bits per heavy atom. The summed E-state index contributed by atoms with van der Waals surface area (Å²) in [7, 11) is 0. The fourth-order valence-electron chi connectivity index (χ4n) is 3.62. The Balaban J connectivity index is 1.48. The largest absolute Gasteiger partial charge is 0.341 e. The highest BCUT2D eigenvalue weighted by molar-refractivity contribution is 5.80. The maximum absolute atomic E-state index is 12.7. The Morgan fingerprint density at radius 2 is 1.96 bits per heavy atom. The maximum Gasteiger partial charge on any atom is 0.226 e. The summed E-state index contributed by atoms with van der Waals surface area (Å²) in [5.74, 6) is 0.559. The van der Waals surface area contributed by atoms with Crippen LogP contribution in [0.1, 0.15) is 37.8 Å². The molecule has 0 bridgehead atoms. The van der Waals surface area contributed by atoms with E-state index in [2.05, 4.69) is 17.3 Å². The van der Waals surface area contributed by atoms with E-state index in [4.69, 9.17) is 0 Å². The molecule has 1 aromatic heterocycles. The first-order valence-corrected chi connectivity index (χ1v) is 9.35. The summed E-state index contributed by atoms with van der Waals surface area (Å²) in [4.78, 5) is 29.0. The van der Waals surface area contributed by atoms with Gasteiger partial charge in [0.2, 0.25) is 11.8 Å². The zero-order valence-electron chi connectivity index (χ0n) is 15.1. The van der Waals surface area contributed by atoms with Crippen molar-refractivity contribution >= 4 is 11.8 Å². The van der Waals surface area contributed by atoms with E-state index in [1.54, 1.807) is 0 Å². The molecule has 1 aliphatic carbocycles. The van der Waals surface area contributed by atoms with Gasteiger partial charge in [-0.15, -0.1) is 0 Å². The molecule has 6 heteroatoms. The summed E-state index contributed by atoms with van der Waals surface area (Å²) < 4.78 is 1.82. The van der Waals surface area contributed by atoms with Crippen molar-refractivity contribution in [1.82, 2.24) is 19.6 Å². The third kappa shape index (κ3) is 4.71. The molecular formula is C19H28N4O2. The average Bonchev–Trinajstić information content (AvgIpc) is 2.90. The molecule has 6 nitrogen and oxygen atoms in total. The molecule has 1 unspecified atom stereocenters. The van der Waals surface area contributed by atoms with Crippen molar-refractivity contribution < 1.29 is 9.59 Å². The van der Waals surface area contributed by atoms with E-state index < -0.39 is 0 Å². The zero-order valence-corrected chi connectivity index (χ0v) is 15.1. The van der Waals surface area contributed by atoms with Crippen LogP contribution in [0, 0.1) is 12.8 Å². The van der Waals surface area contributed by atoms with Crippen molar-refractivity contribution in [2.45, 2.75) is 45.6 Å². The van der Waals surface area contributed by atoms with Crippen LogP contribution in [0.4, 0.5) is 0 Å². The second kappa shape index (κ2) is 8.32. The van der Waals surface area contributed by atoms with Crippen molar-refractivity contribution in [1.29, 1.82) is 0 Å². The number of rotatable bonds is 4. The normalized spacial score (nSPS) is 21.2. The van der Waals surface area contributed by atoms with Crippen LogP contribution in [-0.4, -0.2) is 57.6 Å². The van der Waals surface area contributed by atoms with Gasteiger partial charge >= 0.3 is 0 Å². The number of nitrogens with zero attached hydrogens (tertiary/aromatic N) is 4. The van der Waals surface area contributed by atoms with E-state index in [9.17, 15) is 9.59 Å². The van der Waals surface area contributed by atoms with E-state index in [1.165, 1.54) is 0 Å². The Hall–Kier alpha value is -2.11. The molecule has 3 rings (SSSR count). The monoisotopic (exact) mass is 344 g/mol. The Bertz CT molecular complexity index is 637. The quantitative estimate of drug-likeness (QED) is 0.785. The molecule has 2 heterocycles. The Kier molecular flexibility index (Phi) is 5.89. The highest BCUT2D eigenvalue weighted by atomic mass is 16.2. The molecule has 1 saturated heterocycles. The van der Waals surface area contributed by atoms with Crippen molar-refractivity contribution in [3.8, 4) is 0 Å². The van der Waals surface area contributed by atoms with Crippen LogP contribution in [-0.2, 0) is 16.1 Å². The van der Waals surface area contributed by atoms with Crippen LogP contribution in [0.25, 0.3) is 0 Å². The fraction of sp³-hybridized carbons (Fsp3) is 0.632. The van der Waals surface area contributed by atoms with Crippen molar-refractivity contribution in [3.63, 3.8) is 0 Å². The molecule has 0 radical (unpaired) electrons. The summed E-state index contributed by atoms with van der Waals surface area (Å²) >= 11 is 0. The first kappa shape index (κ1) is 17.7. The molecular weight excluding hydrogens is 316 g/mol. The third-order valence-electron chi connectivity index (χ3n) is 5.11. The number of carbonyl (C=O) groups is 2. The lowest BCUT2D eigenvalue weighted by Gasteiger charge is -2.27. The molecule has 1 atom stereocenters. The van der Waals surface area contributed by atoms with Gasteiger partial charge in [-0.1, -0.05) is 12.2 Å². The average molecular weight is 344 g/mol. The van der Waals surface area contributed by atoms with Gasteiger partial charge in [-0.2, -0.15) is 5.10 Å². The van der Waals surface area contributed by atoms with E-state index in [0.29, 0.717) is 26.1 Å². The molecule has 0 saturated carbocycles. The first-order valence-electron chi connectivity index (χ1n) is 9.35. The third-order valence-corrected chi connectivity index (χ3v) is 5.11. The predicted molar refractivity (Wildman–Crippen MR) is 95.8 cm³/mol. The van der Waals surface area contributed by atoms with Crippen molar-refractivity contribution in [2.75, 3.05) is 26.2 Å². The van der Waals surface area contributed by atoms with Crippen molar-refractivity contribution in [2.24, 2.45) is 5.92 Å². The van der Waals surface area contributed by atoms with Crippen LogP contribution in [0.5, 0.6) is 0 Å². The van der Waals surface area contributed by atoms with Crippen LogP contribution in [0.3, 0.4) is 0 Å². The summed E-state index contributed by atoms with van der Waals surface area (Å²) in [6.07, 6.45) is 10.3. The van der Waals surface area contributed by atoms with Gasteiger partial charge in [0.15, 0.2) is 0 Å². The smallest absolute Gasteiger partial charge is 0.226 e. The molecule has 136 valence electrons. The van der Waals surface area contributed by atoms with Crippen LogP contribution < -0.4 is 0 Å². The Labute approximate surface area is 149 Å². The number of hydrogen-bond acceptors (Lipinski definition) is 3. The molecule has 1 aliphatic heterocycles. The molecule has 1 fully saturated rings. The first-order chi connectivity index (χ1) is 12.1. The molecule has 0 aromatic carbocycles. The number of aromatic nitrogens is 2. The topological polar surface area (TPSA) is 58.4 Å². The number of amides is 2. The van der Waals surface area contributed by atoms with Gasteiger partial charge < -0.3 is 9.80 Å². The van der Waals surface area contributed by atoms with Gasteiger partial charge in [-0.05, 0) is 38.7 Å². The van der Waals surface area contributed by atoms with Crippen molar-refractivity contribution in [3.05, 3.63) is 30.1 Å². The standard InChI is InChI=1S/C19H28N4O2/c1-16-8-12-23(20-16)13-9-18(24)21-10-5-11-22(15-14-21)19(25)17-6-3-2-4-7-17/h2-3,8,12,17H,4-7,9-11,13-15H2,1H3. The minimum absolute atomic E-state index is 0.135. The lowest BCUT2D eigenvalue weighted by molar-refractivity contribution is -0.136. The summed E-state index contributed by atoms with van der Waals surface area (Å²) in [6.45, 7) is 5.37. The molecule has 25 heavy (non-hydrogen) atoms. The van der Waals surface area contributed by atoms with Gasteiger partial charge in [0.1, 0.15) is 0 Å². The molecule has 0 spiro atoms. The SMILES string of the molecule is Cc1ccn(CCC(=O)N2CCCN(C(=O)C3CC=CCC3)CC2)n1. The maximum atomic E-state index is 12.7. The second-order valence-electron chi connectivity index (χ2n) is 7.01. The Morgan fingerprint density at radius 1 is 1.16 bits per heavy atom. The minimum Gasteiger partial charge on any atom is -0.341 e. The lowest BCUT2D eigenvalue weighted by atomic mass is 9.93. The predicted octanol–water partition coefficient (Wildman–Crippen LogP) is 2.00. The molecule has 0 N–H and O–H groups in total. The number of aryl methyl sites for hydroxylation is 2. The minimum atomic E-state index is 0.135. The molecule has 1 aromatic rings. The van der Waals surface area contributed by atoms with Gasteiger partial charge in [0.05, 0.1) is 5.69 Å². The number of hydrogen-bond donors (Lipinski definition) is 0. The highest BCUT2D eigenvalue weighted by Crippen LogP contribution is 2.21. The molecule has 2 amide bonds. The van der Waals surface area contributed by atoms with E-state index in [0.717, 1.165) is 44.5 Å². The van der Waals surface area contributed by atoms with E-state index >= 15 is 0 Å². The second-order valence-corrected chi connectivity index (χ2v) is 7.01. The van der Waals surface area contributed by atoms with E-state index in [-0.39, 0.29) is 17.7 Å². The lowest BCUT2D eigenvalue weighted by Crippen LogP contribution is -2.40. The number of carbonyl (C=O) groups excluding carboxylic acids is 2. The van der Waals surface area contributed by atoms with Gasteiger partial charge in [-0.25, -0.2) is 0 Å². The van der Waals surface area contributed by atoms with Crippen LogP contribution in [0.15, 0.2) is 24.4 Å². The van der Waals surface area contributed by atoms with Gasteiger partial charge in [0.25, 0.3) is 0 Å². The molecule has 2 aliphatic rings. The van der Waals surface area contributed by atoms with Crippen LogP contribution >= 0.6 is 0 Å². The fourth-order valence-corrected chi connectivity index (χ4v) is 3.62. The summed E-state index contributed by atoms with van der Waals surface area (Å²) in [5, 5.41) is 4.32. The number of allylic oxidation sites excluding steroid dienone is 2. The van der Waals surface area contributed by atoms with Gasteiger partial charge in [0, 0.05) is 51.3 Å². The van der Waals surface area contributed by atoms with Crippen LogP contribution in [0.2, 0.25) is 0 Å². The summed E-state index contributed by atoms with van der Waals surface area (Å²) in [6, 6.07) is 1.94. The highest BCUT2D eigenvalue weighted by Gasteiger charge is 2.27.